The fraction of sp³-hybridized carbons (Fsp3) is 0.417. The summed E-state index contributed by atoms with van der Waals surface area (Å²) in [6, 6.07) is 5.56. The number of benzene rings is 1. The zero-order valence-corrected chi connectivity index (χ0v) is 12.5. The number of carbonyl (C=O) groups excluding carboxylic acids is 1. The summed E-state index contributed by atoms with van der Waals surface area (Å²) in [7, 11) is 0. The second-order valence-corrected chi connectivity index (χ2v) is 6.48. The molecule has 0 radical (unpaired) electrons. The van der Waals surface area contributed by atoms with Crippen LogP contribution in [0.3, 0.4) is 0 Å². The molecule has 0 bridgehead atoms. The van der Waals surface area contributed by atoms with Crippen LogP contribution in [0.4, 0.5) is 5.69 Å². The molecule has 7 heteroatoms. The lowest BCUT2D eigenvalue weighted by atomic mass is 10.1. The molecular weight excluding hydrogens is 280 g/mol. The minimum absolute atomic E-state index is 0.0465. The van der Waals surface area contributed by atoms with Crippen molar-refractivity contribution >= 4 is 46.1 Å². The van der Waals surface area contributed by atoms with Crippen molar-refractivity contribution < 1.29 is 4.79 Å². The average molecular weight is 296 g/mol. The lowest BCUT2D eigenvalue weighted by Gasteiger charge is -2.17. The van der Waals surface area contributed by atoms with E-state index in [4.69, 9.17) is 5.73 Å². The average Bonchev–Trinajstić information content (AvgIpc) is 2.76. The normalized spacial score (nSPS) is 11.7. The summed E-state index contributed by atoms with van der Waals surface area (Å²) < 4.78 is 8.32. The van der Waals surface area contributed by atoms with Crippen LogP contribution in [0.25, 0.3) is 11.0 Å². The summed E-state index contributed by atoms with van der Waals surface area (Å²) in [4.78, 5) is 11.8. The maximum Gasteiger partial charge on any atom is 0.234 e. The lowest BCUT2D eigenvalue weighted by Crippen LogP contribution is -2.35. The highest BCUT2D eigenvalue weighted by Crippen LogP contribution is 2.21. The molecule has 0 saturated heterocycles. The molecule has 19 heavy (non-hydrogen) atoms. The molecule has 2 aromatic rings. The predicted molar refractivity (Wildman–Crippen MR) is 81.6 cm³/mol. The highest BCUT2D eigenvalue weighted by molar-refractivity contribution is 8.00. The molecule has 1 amide bonds. The first-order valence-corrected chi connectivity index (χ1v) is 7.72. The molecule has 0 saturated carbocycles. The van der Waals surface area contributed by atoms with Gasteiger partial charge >= 0.3 is 0 Å². The van der Waals surface area contributed by atoms with E-state index in [0.717, 1.165) is 28.5 Å². The molecule has 0 atom stereocenters. The number of nitrogens with one attached hydrogen (secondary N) is 1. The number of carbonyl (C=O) groups is 1. The number of nitrogens with zero attached hydrogens (tertiary/aromatic N) is 2. The van der Waals surface area contributed by atoms with E-state index in [1.165, 1.54) is 11.8 Å². The van der Waals surface area contributed by atoms with Gasteiger partial charge in [0.25, 0.3) is 0 Å². The van der Waals surface area contributed by atoms with Gasteiger partial charge in [0.05, 0.1) is 23.2 Å². The molecule has 102 valence electrons. The van der Waals surface area contributed by atoms with Crippen molar-refractivity contribution in [1.82, 2.24) is 8.75 Å². The highest BCUT2D eigenvalue weighted by Gasteiger charge is 2.13. The number of hydrogen-bond acceptors (Lipinski definition) is 6. The molecule has 2 rings (SSSR count). The highest BCUT2D eigenvalue weighted by atomic mass is 32.2. The molecule has 3 N–H and O–H groups in total. The van der Waals surface area contributed by atoms with Crippen molar-refractivity contribution in [3.63, 3.8) is 0 Å². The smallest absolute Gasteiger partial charge is 0.234 e. The quantitative estimate of drug-likeness (QED) is 0.883. The number of rotatable bonds is 5. The SMILES string of the molecule is CC(C)(N)CSCC(=O)Nc1cccc2nsnc12. The van der Waals surface area contributed by atoms with Gasteiger partial charge in [-0.15, -0.1) is 0 Å². The Balaban J connectivity index is 1.94. The number of hydrogen-bond donors (Lipinski definition) is 2. The Morgan fingerprint density at radius 2 is 2.26 bits per heavy atom. The van der Waals surface area contributed by atoms with Gasteiger partial charge in [-0.2, -0.15) is 20.5 Å². The van der Waals surface area contributed by atoms with Gasteiger partial charge in [-0.3, -0.25) is 4.79 Å². The maximum atomic E-state index is 11.8. The van der Waals surface area contributed by atoms with E-state index in [0.29, 0.717) is 11.4 Å². The van der Waals surface area contributed by atoms with E-state index in [2.05, 4.69) is 14.1 Å². The van der Waals surface area contributed by atoms with Crippen LogP contribution in [0, 0.1) is 0 Å². The summed E-state index contributed by atoms with van der Waals surface area (Å²) in [5, 5.41) is 2.86. The van der Waals surface area contributed by atoms with Crippen LogP contribution < -0.4 is 11.1 Å². The summed E-state index contributed by atoms with van der Waals surface area (Å²) in [6.45, 7) is 3.89. The van der Waals surface area contributed by atoms with E-state index in [-0.39, 0.29) is 11.4 Å². The van der Waals surface area contributed by atoms with Crippen molar-refractivity contribution in [2.45, 2.75) is 19.4 Å². The molecule has 0 aliphatic heterocycles. The Bertz CT molecular complexity index is 576. The van der Waals surface area contributed by atoms with Gasteiger partial charge in [0.2, 0.25) is 5.91 Å². The van der Waals surface area contributed by atoms with Crippen LogP contribution in [0.1, 0.15) is 13.8 Å². The summed E-state index contributed by atoms with van der Waals surface area (Å²) in [5.41, 5.74) is 7.86. The van der Waals surface area contributed by atoms with Gasteiger partial charge in [0, 0.05) is 11.3 Å². The lowest BCUT2D eigenvalue weighted by molar-refractivity contribution is -0.113. The Kier molecular flexibility index (Phi) is 4.38. The van der Waals surface area contributed by atoms with Gasteiger partial charge in [-0.05, 0) is 26.0 Å². The number of amides is 1. The topological polar surface area (TPSA) is 80.9 Å². The molecule has 1 aromatic carbocycles. The number of anilines is 1. The van der Waals surface area contributed by atoms with Crippen LogP contribution >= 0.6 is 23.5 Å². The maximum absolute atomic E-state index is 11.8. The third-order valence-electron chi connectivity index (χ3n) is 2.27. The van der Waals surface area contributed by atoms with Gasteiger partial charge in [-0.25, -0.2) is 0 Å². The Hall–Kier alpha value is -1.18. The van der Waals surface area contributed by atoms with Gasteiger partial charge < -0.3 is 11.1 Å². The Morgan fingerprint density at radius 3 is 3.00 bits per heavy atom. The molecule has 5 nitrogen and oxygen atoms in total. The van der Waals surface area contributed by atoms with E-state index in [9.17, 15) is 4.79 Å². The minimum Gasteiger partial charge on any atom is -0.325 e. The zero-order valence-electron chi connectivity index (χ0n) is 10.8. The second-order valence-electron chi connectivity index (χ2n) is 4.97. The summed E-state index contributed by atoms with van der Waals surface area (Å²) in [6.07, 6.45) is 0. The monoisotopic (exact) mass is 296 g/mol. The van der Waals surface area contributed by atoms with Gasteiger partial charge in [0.1, 0.15) is 11.0 Å². The van der Waals surface area contributed by atoms with Crippen molar-refractivity contribution in [2.75, 3.05) is 16.8 Å². The molecule has 0 spiro atoms. The van der Waals surface area contributed by atoms with Crippen molar-refractivity contribution in [3.05, 3.63) is 18.2 Å². The minimum atomic E-state index is -0.260. The fourth-order valence-corrected chi connectivity index (χ4v) is 2.94. The molecule has 0 aliphatic rings. The van der Waals surface area contributed by atoms with Crippen LogP contribution in [0.2, 0.25) is 0 Å². The zero-order chi connectivity index (χ0) is 13.9. The Labute approximate surface area is 120 Å². The first kappa shape index (κ1) is 14.2. The van der Waals surface area contributed by atoms with Gasteiger partial charge in [0.15, 0.2) is 0 Å². The van der Waals surface area contributed by atoms with Crippen molar-refractivity contribution in [3.8, 4) is 0 Å². The molecule has 0 unspecified atom stereocenters. The predicted octanol–water partition coefficient (Wildman–Crippen LogP) is 2.10. The first-order chi connectivity index (χ1) is 8.96. The largest absolute Gasteiger partial charge is 0.325 e. The van der Waals surface area contributed by atoms with E-state index in [1.54, 1.807) is 0 Å². The molecule has 1 aromatic heterocycles. The summed E-state index contributed by atoms with van der Waals surface area (Å²) in [5.74, 6) is 1.08. The van der Waals surface area contributed by atoms with Crippen molar-refractivity contribution in [1.29, 1.82) is 0 Å². The molecule has 0 fully saturated rings. The van der Waals surface area contributed by atoms with E-state index >= 15 is 0 Å². The third-order valence-corrected chi connectivity index (χ3v) is 4.22. The van der Waals surface area contributed by atoms with E-state index in [1.807, 2.05) is 32.0 Å². The van der Waals surface area contributed by atoms with Crippen LogP contribution in [0.5, 0.6) is 0 Å². The number of aromatic nitrogens is 2. The van der Waals surface area contributed by atoms with Crippen LogP contribution in [-0.4, -0.2) is 31.7 Å². The molecular formula is C12H16N4OS2. The van der Waals surface area contributed by atoms with Crippen molar-refractivity contribution in [2.24, 2.45) is 5.73 Å². The van der Waals surface area contributed by atoms with Gasteiger partial charge in [-0.1, -0.05) is 6.07 Å². The third kappa shape index (κ3) is 4.15. The van der Waals surface area contributed by atoms with E-state index < -0.39 is 0 Å². The van der Waals surface area contributed by atoms with Crippen LogP contribution in [-0.2, 0) is 4.79 Å². The second kappa shape index (κ2) is 5.85. The molecule has 1 heterocycles. The van der Waals surface area contributed by atoms with Crippen LogP contribution in [0.15, 0.2) is 18.2 Å². The Morgan fingerprint density at radius 1 is 1.47 bits per heavy atom. The fourth-order valence-electron chi connectivity index (χ4n) is 1.50. The molecule has 0 aliphatic carbocycles. The standard InChI is InChI=1S/C12H16N4OS2/c1-12(2,13)7-18-6-10(17)14-8-4-3-5-9-11(8)16-19-15-9/h3-5H,6-7,13H2,1-2H3,(H,14,17). The number of fused-ring (bicyclic) bond motifs is 1. The number of nitrogens with two attached hydrogens (primary N) is 1. The summed E-state index contributed by atoms with van der Waals surface area (Å²) >= 11 is 2.67. The number of thioether (sulfide) groups is 1. The first-order valence-electron chi connectivity index (χ1n) is 5.83.